The Kier molecular flexibility index (Phi) is 5.41. The molecule has 0 aliphatic carbocycles. The summed E-state index contributed by atoms with van der Waals surface area (Å²) in [6.45, 7) is 1.77. The number of hydrogen-bond acceptors (Lipinski definition) is 4. The predicted molar refractivity (Wildman–Crippen MR) is 95.2 cm³/mol. The van der Waals surface area contributed by atoms with Crippen molar-refractivity contribution in [2.45, 2.75) is 25.6 Å². The maximum absolute atomic E-state index is 12.5. The quantitative estimate of drug-likeness (QED) is 0.830. The topological polar surface area (TPSA) is 84.9 Å². The number of aliphatic carboxylic acids is 1. The van der Waals surface area contributed by atoms with Gasteiger partial charge in [-0.2, -0.15) is 0 Å². The van der Waals surface area contributed by atoms with Crippen molar-refractivity contribution in [1.82, 2.24) is 5.32 Å². The monoisotopic (exact) mass is 355 g/mol. The summed E-state index contributed by atoms with van der Waals surface area (Å²) in [5.41, 5.74) is 0.911. The highest BCUT2D eigenvalue weighted by Crippen LogP contribution is 2.33. The highest BCUT2D eigenvalue weighted by Gasteiger charge is 2.34. The second-order valence-electron chi connectivity index (χ2n) is 6.28. The SMILES string of the molecule is CC1Oc2ccccc2OC1C(=O)NCC(Cc1ccccc1)C(=O)O. The van der Waals surface area contributed by atoms with Crippen LogP contribution in [0.1, 0.15) is 12.5 Å². The van der Waals surface area contributed by atoms with E-state index in [1.54, 1.807) is 25.1 Å². The number of carbonyl (C=O) groups excluding carboxylic acids is 1. The number of fused-ring (bicyclic) bond motifs is 1. The lowest BCUT2D eigenvalue weighted by Crippen LogP contribution is -2.50. The second-order valence-corrected chi connectivity index (χ2v) is 6.28. The molecule has 0 saturated heterocycles. The van der Waals surface area contributed by atoms with Crippen LogP contribution >= 0.6 is 0 Å². The summed E-state index contributed by atoms with van der Waals surface area (Å²) in [7, 11) is 0. The van der Waals surface area contributed by atoms with E-state index in [4.69, 9.17) is 9.47 Å². The lowest BCUT2D eigenvalue weighted by Gasteiger charge is -2.31. The molecular weight excluding hydrogens is 334 g/mol. The van der Waals surface area contributed by atoms with Crippen molar-refractivity contribution in [2.24, 2.45) is 5.92 Å². The third-order valence-electron chi connectivity index (χ3n) is 4.30. The van der Waals surface area contributed by atoms with Gasteiger partial charge >= 0.3 is 5.97 Å². The van der Waals surface area contributed by atoms with Crippen LogP contribution in [0.3, 0.4) is 0 Å². The average molecular weight is 355 g/mol. The molecule has 136 valence electrons. The highest BCUT2D eigenvalue weighted by atomic mass is 16.6. The van der Waals surface area contributed by atoms with Gasteiger partial charge in [-0.25, -0.2) is 0 Å². The number of hydrogen-bond donors (Lipinski definition) is 2. The van der Waals surface area contributed by atoms with Crippen molar-refractivity contribution in [2.75, 3.05) is 6.54 Å². The van der Waals surface area contributed by atoms with Crippen molar-refractivity contribution < 1.29 is 24.2 Å². The van der Waals surface area contributed by atoms with E-state index >= 15 is 0 Å². The van der Waals surface area contributed by atoms with Gasteiger partial charge in [0.25, 0.3) is 5.91 Å². The fourth-order valence-electron chi connectivity index (χ4n) is 2.88. The Morgan fingerprint density at radius 3 is 2.31 bits per heavy atom. The molecule has 0 bridgehead atoms. The fraction of sp³-hybridized carbons (Fsp3) is 0.300. The Hall–Kier alpha value is -3.02. The molecule has 2 N–H and O–H groups in total. The lowest BCUT2D eigenvalue weighted by molar-refractivity contribution is -0.142. The van der Waals surface area contributed by atoms with Gasteiger partial charge in [0.05, 0.1) is 5.92 Å². The molecular formula is C20H21NO5. The lowest BCUT2D eigenvalue weighted by atomic mass is 9.99. The highest BCUT2D eigenvalue weighted by molar-refractivity contribution is 5.83. The third kappa shape index (κ3) is 4.14. The molecule has 26 heavy (non-hydrogen) atoms. The maximum Gasteiger partial charge on any atom is 0.308 e. The van der Waals surface area contributed by atoms with E-state index in [0.717, 1.165) is 5.56 Å². The van der Waals surface area contributed by atoms with Crippen LogP contribution in [-0.4, -0.2) is 35.7 Å². The molecule has 0 radical (unpaired) electrons. The summed E-state index contributed by atoms with van der Waals surface area (Å²) >= 11 is 0. The molecule has 0 fully saturated rings. The number of para-hydroxylation sites is 2. The molecule has 3 atom stereocenters. The Labute approximate surface area is 151 Å². The minimum Gasteiger partial charge on any atom is -0.482 e. The van der Waals surface area contributed by atoms with Crippen LogP contribution in [0.25, 0.3) is 0 Å². The van der Waals surface area contributed by atoms with Gasteiger partial charge in [-0.15, -0.1) is 0 Å². The number of ether oxygens (including phenoxy) is 2. The summed E-state index contributed by atoms with van der Waals surface area (Å²) < 4.78 is 11.4. The summed E-state index contributed by atoms with van der Waals surface area (Å²) in [6.07, 6.45) is -0.949. The van der Waals surface area contributed by atoms with E-state index in [-0.39, 0.29) is 12.5 Å². The molecule has 1 aliphatic heterocycles. The van der Waals surface area contributed by atoms with Crippen molar-refractivity contribution in [1.29, 1.82) is 0 Å². The first kappa shape index (κ1) is 17.8. The fourth-order valence-corrected chi connectivity index (χ4v) is 2.88. The molecule has 2 aromatic rings. The van der Waals surface area contributed by atoms with E-state index in [2.05, 4.69) is 5.32 Å². The van der Waals surface area contributed by atoms with Crippen molar-refractivity contribution in [3.63, 3.8) is 0 Å². The van der Waals surface area contributed by atoms with Crippen LogP contribution in [-0.2, 0) is 16.0 Å². The van der Waals surface area contributed by atoms with E-state index < -0.39 is 24.1 Å². The van der Waals surface area contributed by atoms with Gasteiger partial charge < -0.3 is 19.9 Å². The van der Waals surface area contributed by atoms with Crippen molar-refractivity contribution in [3.8, 4) is 11.5 Å². The second kappa shape index (κ2) is 7.91. The molecule has 0 saturated carbocycles. The van der Waals surface area contributed by atoms with Crippen LogP contribution < -0.4 is 14.8 Å². The normalized spacial score (nSPS) is 19.4. The number of nitrogens with one attached hydrogen (secondary N) is 1. The summed E-state index contributed by atoms with van der Waals surface area (Å²) in [5.74, 6) is -0.950. The van der Waals surface area contributed by atoms with Crippen LogP contribution in [0.15, 0.2) is 54.6 Å². The maximum atomic E-state index is 12.5. The van der Waals surface area contributed by atoms with Gasteiger partial charge in [0.2, 0.25) is 6.10 Å². The van der Waals surface area contributed by atoms with Gasteiger partial charge in [-0.1, -0.05) is 42.5 Å². The van der Waals surface area contributed by atoms with E-state index in [1.807, 2.05) is 36.4 Å². The predicted octanol–water partition coefficient (Wildman–Crippen LogP) is 2.27. The number of carboxylic acids is 1. The van der Waals surface area contributed by atoms with Crippen LogP contribution in [0.5, 0.6) is 11.5 Å². The molecule has 3 unspecified atom stereocenters. The minimum absolute atomic E-state index is 0.0251. The van der Waals surface area contributed by atoms with Gasteiger partial charge in [-0.3, -0.25) is 9.59 Å². The first-order valence-corrected chi connectivity index (χ1v) is 8.51. The van der Waals surface area contributed by atoms with Gasteiger partial charge in [0, 0.05) is 6.54 Å². The molecule has 0 aromatic heterocycles. The number of amides is 1. The molecule has 0 spiro atoms. The molecule has 3 rings (SSSR count). The zero-order valence-electron chi connectivity index (χ0n) is 14.4. The molecule has 1 aliphatic rings. The Morgan fingerprint density at radius 1 is 1.04 bits per heavy atom. The number of carbonyl (C=O) groups is 2. The number of carboxylic acid groups (broad SMARTS) is 1. The molecule has 6 nitrogen and oxygen atoms in total. The van der Waals surface area contributed by atoms with Gasteiger partial charge in [0.1, 0.15) is 6.10 Å². The third-order valence-corrected chi connectivity index (χ3v) is 4.30. The van der Waals surface area contributed by atoms with Gasteiger partial charge in [-0.05, 0) is 31.0 Å². The van der Waals surface area contributed by atoms with Crippen LogP contribution in [0.2, 0.25) is 0 Å². The van der Waals surface area contributed by atoms with Crippen LogP contribution in [0.4, 0.5) is 0 Å². The molecule has 6 heteroatoms. The number of rotatable bonds is 6. The Balaban J connectivity index is 1.61. The Morgan fingerprint density at radius 2 is 1.65 bits per heavy atom. The Bertz CT molecular complexity index is 777. The van der Waals surface area contributed by atoms with E-state index in [1.165, 1.54) is 0 Å². The largest absolute Gasteiger partial charge is 0.482 e. The first-order chi connectivity index (χ1) is 12.5. The average Bonchev–Trinajstić information content (AvgIpc) is 2.65. The van der Waals surface area contributed by atoms with E-state index in [0.29, 0.717) is 17.9 Å². The van der Waals surface area contributed by atoms with E-state index in [9.17, 15) is 14.7 Å². The number of benzene rings is 2. The summed E-state index contributed by atoms with van der Waals surface area (Å²) in [4.78, 5) is 24.0. The molecule has 1 heterocycles. The minimum atomic E-state index is -0.951. The summed E-state index contributed by atoms with van der Waals surface area (Å²) in [6, 6.07) is 16.5. The van der Waals surface area contributed by atoms with Crippen LogP contribution in [0, 0.1) is 5.92 Å². The first-order valence-electron chi connectivity index (χ1n) is 8.51. The standard InChI is InChI=1S/C20H21NO5/c1-13-18(26-17-10-6-5-9-16(17)25-13)19(22)21-12-15(20(23)24)11-14-7-3-2-4-8-14/h2-10,13,15,18H,11-12H2,1H3,(H,21,22)(H,23,24). The molecule has 2 aromatic carbocycles. The molecule has 1 amide bonds. The van der Waals surface area contributed by atoms with Crippen molar-refractivity contribution >= 4 is 11.9 Å². The zero-order valence-corrected chi connectivity index (χ0v) is 14.4. The summed E-state index contributed by atoms with van der Waals surface area (Å²) in [5, 5.41) is 12.1. The van der Waals surface area contributed by atoms with Gasteiger partial charge in [0.15, 0.2) is 11.5 Å². The zero-order chi connectivity index (χ0) is 18.5. The van der Waals surface area contributed by atoms with Crippen molar-refractivity contribution in [3.05, 3.63) is 60.2 Å². The smallest absolute Gasteiger partial charge is 0.308 e.